The van der Waals surface area contributed by atoms with Crippen LogP contribution in [0.2, 0.25) is 0 Å². The molecule has 1 radical (unpaired) electrons. The Morgan fingerprint density at radius 2 is 2.13 bits per heavy atom. The number of hydrogen-bond acceptors (Lipinski definition) is 2. The molecule has 0 unspecified atom stereocenters. The normalized spacial score (nSPS) is 9.33. The van der Waals surface area contributed by atoms with E-state index >= 15 is 0 Å². The zero-order chi connectivity index (χ0) is 11.1. The lowest BCUT2D eigenvalue weighted by Gasteiger charge is -2.11. The van der Waals surface area contributed by atoms with E-state index in [2.05, 4.69) is 0 Å². The average Bonchev–Trinajstić information content (AvgIpc) is 2.27. The number of amides is 1. The van der Waals surface area contributed by atoms with Crippen LogP contribution in [0.15, 0.2) is 30.3 Å². The first-order chi connectivity index (χ1) is 7.27. The van der Waals surface area contributed by atoms with Gasteiger partial charge >= 0.3 is 0 Å². The van der Waals surface area contributed by atoms with Gasteiger partial charge in [0.15, 0.2) is 6.19 Å². The molecule has 3 heteroatoms. The van der Waals surface area contributed by atoms with E-state index in [4.69, 9.17) is 5.26 Å². The summed E-state index contributed by atoms with van der Waals surface area (Å²) in [5.41, 5.74) is 0.923. The molecule has 0 aliphatic heterocycles. The van der Waals surface area contributed by atoms with Gasteiger partial charge in [-0.05, 0) is 12.0 Å². The summed E-state index contributed by atoms with van der Waals surface area (Å²) in [6.45, 7) is 3.48. The molecule has 15 heavy (non-hydrogen) atoms. The van der Waals surface area contributed by atoms with Gasteiger partial charge in [-0.25, -0.2) is 4.90 Å². The third-order valence-electron chi connectivity index (χ3n) is 1.94. The summed E-state index contributed by atoms with van der Waals surface area (Å²) in [6, 6.07) is 9.40. The monoisotopic (exact) mass is 201 g/mol. The first-order valence-electron chi connectivity index (χ1n) is 4.87. The fraction of sp³-hybridized carbons (Fsp3) is 0.250. The van der Waals surface area contributed by atoms with Gasteiger partial charge in [-0.15, -0.1) is 0 Å². The van der Waals surface area contributed by atoms with Crippen molar-refractivity contribution in [3.63, 3.8) is 0 Å². The highest BCUT2D eigenvalue weighted by molar-refractivity contribution is 5.80. The molecule has 77 valence electrons. The van der Waals surface area contributed by atoms with Crippen molar-refractivity contribution >= 4 is 5.91 Å². The highest BCUT2D eigenvalue weighted by Crippen LogP contribution is 2.04. The van der Waals surface area contributed by atoms with Crippen LogP contribution in [0.1, 0.15) is 18.9 Å². The maximum absolute atomic E-state index is 11.6. The Morgan fingerprint density at radius 3 is 2.67 bits per heavy atom. The average molecular weight is 201 g/mol. The highest BCUT2D eigenvalue weighted by atomic mass is 16.2. The summed E-state index contributed by atoms with van der Waals surface area (Å²) in [6.07, 6.45) is 2.79. The molecule has 0 spiro atoms. The Kier molecular flexibility index (Phi) is 4.36. The summed E-state index contributed by atoms with van der Waals surface area (Å²) in [5.74, 6) is -0.189. The Balaban J connectivity index is 2.59. The predicted octanol–water partition coefficient (Wildman–Crippen LogP) is 2.11. The number of rotatable bonds is 4. The van der Waals surface area contributed by atoms with E-state index in [0.29, 0.717) is 6.42 Å². The lowest BCUT2D eigenvalue weighted by molar-refractivity contribution is -0.126. The van der Waals surface area contributed by atoms with Gasteiger partial charge in [0.2, 0.25) is 5.91 Å². The quantitative estimate of drug-likeness (QED) is 0.553. The molecule has 1 amide bonds. The topological polar surface area (TPSA) is 44.1 Å². The van der Waals surface area contributed by atoms with Crippen molar-refractivity contribution in [2.24, 2.45) is 0 Å². The minimum atomic E-state index is -0.189. The molecule has 0 atom stereocenters. The molecular weight excluding hydrogens is 188 g/mol. The summed E-state index contributed by atoms with van der Waals surface area (Å²) in [4.78, 5) is 12.7. The molecule has 0 aromatic heterocycles. The first-order valence-corrected chi connectivity index (χ1v) is 4.87. The summed E-state index contributed by atoms with van der Waals surface area (Å²) in [7, 11) is 0. The molecule has 0 heterocycles. The number of nitriles is 1. The third-order valence-corrected chi connectivity index (χ3v) is 1.94. The minimum absolute atomic E-state index is 0.189. The van der Waals surface area contributed by atoms with Crippen LogP contribution in [0, 0.1) is 18.0 Å². The van der Waals surface area contributed by atoms with Gasteiger partial charge in [-0.3, -0.25) is 4.79 Å². The standard InChI is InChI=1S/C12H13N2O/c1-2-8-14(10-13)12(15)9-11-6-4-3-5-7-11/h3-8H,2,9H2,1H3. The van der Waals surface area contributed by atoms with Crippen LogP contribution in [0.3, 0.4) is 0 Å². The fourth-order valence-electron chi connectivity index (χ4n) is 1.24. The van der Waals surface area contributed by atoms with E-state index in [-0.39, 0.29) is 12.3 Å². The molecule has 0 aliphatic carbocycles. The van der Waals surface area contributed by atoms with Gasteiger partial charge in [0.1, 0.15) is 0 Å². The number of nitrogens with zero attached hydrogens (tertiary/aromatic N) is 2. The van der Waals surface area contributed by atoms with Crippen molar-refractivity contribution in [3.05, 3.63) is 42.4 Å². The summed E-state index contributed by atoms with van der Waals surface area (Å²) < 4.78 is 0. The maximum atomic E-state index is 11.6. The van der Waals surface area contributed by atoms with Gasteiger partial charge in [0.25, 0.3) is 0 Å². The Hall–Kier alpha value is -1.82. The Morgan fingerprint density at radius 1 is 1.47 bits per heavy atom. The number of hydrogen-bond donors (Lipinski definition) is 0. The molecule has 0 saturated carbocycles. The van der Waals surface area contributed by atoms with E-state index in [9.17, 15) is 4.79 Å². The highest BCUT2D eigenvalue weighted by Gasteiger charge is 2.12. The third kappa shape index (κ3) is 3.43. The van der Waals surface area contributed by atoms with Crippen molar-refractivity contribution in [1.29, 1.82) is 5.26 Å². The summed E-state index contributed by atoms with van der Waals surface area (Å²) >= 11 is 0. The van der Waals surface area contributed by atoms with Crippen molar-refractivity contribution in [2.45, 2.75) is 19.8 Å². The predicted molar refractivity (Wildman–Crippen MR) is 57.2 cm³/mol. The molecule has 0 bridgehead atoms. The van der Waals surface area contributed by atoms with E-state index in [1.165, 1.54) is 0 Å². The zero-order valence-corrected chi connectivity index (χ0v) is 8.68. The smallest absolute Gasteiger partial charge is 0.240 e. The van der Waals surface area contributed by atoms with Crippen molar-refractivity contribution in [3.8, 4) is 6.19 Å². The number of carbonyl (C=O) groups excluding carboxylic acids is 1. The van der Waals surface area contributed by atoms with Crippen molar-refractivity contribution in [1.82, 2.24) is 4.90 Å². The summed E-state index contributed by atoms with van der Waals surface area (Å²) in [5, 5.41) is 8.73. The van der Waals surface area contributed by atoms with Crippen molar-refractivity contribution in [2.75, 3.05) is 0 Å². The second kappa shape index (κ2) is 5.82. The van der Waals surface area contributed by atoms with Crippen LogP contribution < -0.4 is 0 Å². The molecule has 0 aliphatic rings. The van der Waals surface area contributed by atoms with Crippen LogP contribution in [0.4, 0.5) is 0 Å². The van der Waals surface area contributed by atoms with Crippen LogP contribution in [0.25, 0.3) is 0 Å². The van der Waals surface area contributed by atoms with Crippen LogP contribution in [0.5, 0.6) is 0 Å². The molecule has 0 N–H and O–H groups in total. The van der Waals surface area contributed by atoms with Crippen LogP contribution in [-0.2, 0) is 11.2 Å². The molecule has 0 fully saturated rings. The fourth-order valence-corrected chi connectivity index (χ4v) is 1.24. The zero-order valence-electron chi connectivity index (χ0n) is 8.68. The number of carbonyl (C=O) groups is 1. The lowest BCUT2D eigenvalue weighted by atomic mass is 10.1. The van der Waals surface area contributed by atoms with Gasteiger partial charge in [0, 0.05) is 0 Å². The molecule has 1 aromatic rings. The van der Waals surface area contributed by atoms with Gasteiger partial charge in [-0.2, -0.15) is 5.26 Å². The van der Waals surface area contributed by atoms with Gasteiger partial charge < -0.3 is 0 Å². The number of benzene rings is 1. The minimum Gasteiger partial charge on any atom is -0.273 e. The van der Waals surface area contributed by atoms with E-state index in [0.717, 1.165) is 10.5 Å². The van der Waals surface area contributed by atoms with Gasteiger partial charge in [-0.1, -0.05) is 37.3 Å². The van der Waals surface area contributed by atoms with Crippen LogP contribution in [-0.4, -0.2) is 10.8 Å². The Bertz CT molecular complexity index is 354. The van der Waals surface area contributed by atoms with Gasteiger partial charge in [0.05, 0.1) is 13.0 Å². The molecular formula is C12H13N2O. The van der Waals surface area contributed by atoms with E-state index < -0.39 is 0 Å². The first kappa shape index (κ1) is 11.3. The second-order valence-corrected chi connectivity index (χ2v) is 3.12. The molecule has 0 saturated heterocycles. The molecule has 1 rings (SSSR count). The van der Waals surface area contributed by atoms with Crippen molar-refractivity contribution < 1.29 is 4.79 Å². The van der Waals surface area contributed by atoms with Crippen LogP contribution >= 0.6 is 0 Å². The van der Waals surface area contributed by atoms with E-state index in [1.54, 1.807) is 6.54 Å². The lowest BCUT2D eigenvalue weighted by Crippen LogP contribution is -2.24. The second-order valence-electron chi connectivity index (χ2n) is 3.12. The molecule has 3 nitrogen and oxygen atoms in total. The maximum Gasteiger partial charge on any atom is 0.240 e. The Labute approximate surface area is 89.9 Å². The molecule has 1 aromatic carbocycles. The van der Waals surface area contributed by atoms with E-state index in [1.807, 2.05) is 43.4 Å². The SMILES string of the molecule is CC[CH]N(C#N)C(=O)Cc1ccccc1. The largest absolute Gasteiger partial charge is 0.273 e.